The molecule has 1 aromatic heterocycles. The molecule has 1 fully saturated rings. The van der Waals surface area contributed by atoms with Gasteiger partial charge in [-0.2, -0.15) is 5.26 Å². The average molecular weight is 206 g/mol. The predicted molar refractivity (Wildman–Crippen MR) is 54.4 cm³/mol. The second-order valence-electron chi connectivity index (χ2n) is 3.13. The number of rotatable bonds is 3. The molecule has 1 heterocycles. The van der Waals surface area contributed by atoms with Gasteiger partial charge in [0.15, 0.2) is 11.4 Å². The summed E-state index contributed by atoms with van der Waals surface area (Å²) < 4.78 is 5.55. The third-order valence-corrected chi connectivity index (χ3v) is 2.61. The largest absolute Gasteiger partial charge is 0.487 e. The van der Waals surface area contributed by atoms with Gasteiger partial charge >= 0.3 is 0 Å². The lowest BCUT2D eigenvalue weighted by molar-refractivity contribution is 0.300. The topological polar surface area (TPSA) is 45.9 Å². The molecule has 4 heteroatoms. The van der Waals surface area contributed by atoms with Crippen molar-refractivity contribution in [3.63, 3.8) is 0 Å². The monoisotopic (exact) mass is 206 g/mol. The van der Waals surface area contributed by atoms with Gasteiger partial charge < -0.3 is 4.74 Å². The van der Waals surface area contributed by atoms with Crippen molar-refractivity contribution in [3.05, 3.63) is 17.8 Å². The summed E-state index contributed by atoms with van der Waals surface area (Å²) in [4.78, 5) is 4.17. The summed E-state index contributed by atoms with van der Waals surface area (Å²) in [6, 6.07) is 5.76. The molecule has 3 nitrogen and oxygen atoms in total. The van der Waals surface area contributed by atoms with Crippen molar-refractivity contribution in [2.45, 2.75) is 24.0 Å². The first-order chi connectivity index (χ1) is 6.83. The van der Waals surface area contributed by atoms with Crippen LogP contribution in [-0.2, 0) is 0 Å². The zero-order valence-corrected chi connectivity index (χ0v) is 8.67. The highest BCUT2D eigenvalue weighted by Crippen LogP contribution is 2.29. The minimum absolute atomic E-state index is 0.309. The Kier molecular flexibility index (Phi) is 2.60. The van der Waals surface area contributed by atoms with Gasteiger partial charge in [0, 0.05) is 0 Å². The summed E-state index contributed by atoms with van der Waals surface area (Å²) in [6.45, 7) is 0. The molecule has 0 spiro atoms. The fraction of sp³-hybridized carbons (Fsp3) is 0.400. The van der Waals surface area contributed by atoms with Gasteiger partial charge in [0.2, 0.25) is 0 Å². The minimum Gasteiger partial charge on any atom is -0.487 e. The van der Waals surface area contributed by atoms with Crippen LogP contribution in [0.25, 0.3) is 0 Å². The summed E-state index contributed by atoms with van der Waals surface area (Å²) in [5.41, 5.74) is 0.392. The Morgan fingerprint density at radius 1 is 1.57 bits per heavy atom. The number of thioether (sulfide) groups is 1. The molecule has 0 atom stereocenters. The van der Waals surface area contributed by atoms with E-state index >= 15 is 0 Å². The zero-order valence-electron chi connectivity index (χ0n) is 7.86. The SMILES string of the molecule is CSc1ccc(OC2CC2)c(C#N)n1. The second-order valence-corrected chi connectivity index (χ2v) is 3.96. The average Bonchev–Trinajstić information content (AvgIpc) is 3.02. The van der Waals surface area contributed by atoms with Crippen LogP contribution in [0.5, 0.6) is 5.75 Å². The van der Waals surface area contributed by atoms with Crippen LogP contribution in [-0.4, -0.2) is 17.3 Å². The van der Waals surface area contributed by atoms with Crippen molar-refractivity contribution in [3.8, 4) is 11.8 Å². The molecule has 0 saturated heterocycles. The van der Waals surface area contributed by atoms with Crippen molar-refractivity contribution in [1.82, 2.24) is 4.98 Å². The Bertz CT molecular complexity index is 382. The van der Waals surface area contributed by atoms with Gasteiger partial charge in [0.25, 0.3) is 0 Å². The van der Waals surface area contributed by atoms with E-state index in [1.165, 1.54) is 11.8 Å². The molecule has 0 amide bonds. The molecule has 0 aromatic carbocycles. The number of nitrogens with zero attached hydrogens (tertiary/aromatic N) is 2. The maximum absolute atomic E-state index is 8.87. The summed E-state index contributed by atoms with van der Waals surface area (Å²) in [6.07, 6.45) is 4.43. The molecular formula is C10H10N2OS. The summed E-state index contributed by atoms with van der Waals surface area (Å²) in [7, 11) is 0. The van der Waals surface area contributed by atoms with Gasteiger partial charge in [-0.3, -0.25) is 0 Å². The van der Waals surface area contributed by atoms with Crippen molar-refractivity contribution < 1.29 is 4.74 Å². The standard InChI is InChI=1S/C10H10N2OS/c1-14-10-5-4-9(8(6-11)12-10)13-7-2-3-7/h4-5,7H,2-3H2,1H3. The molecular weight excluding hydrogens is 196 g/mol. The molecule has 0 bridgehead atoms. The Hall–Kier alpha value is -1.21. The van der Waals surface area contributed by atoms with Crippen LogP contribution in [0.1, 0.15) is 18.5 Å². The van der Waals surface area contributed by atoms with Crippen molar-refractivity contribution in [2.24, 2.45) is 0 Å². The fourth-order valence-corrected chi connectivity index (χ4v) is 1.47. The van der Waals surface area contributed by atoms with Crippen LogP contribution in [0.3, 0.4) is 0 Å². The first kappa shape index (κ1) is 9.35. The number of hydrogen-bond acceptors (Lipinski definition) is 4. The normalized spacial score (nSPS) is 14.9. The van der Waals surface area contributed by atoms with Gasteiger partial charge in [0.1, 0.15) is 6.07 Å². The molecule has 0 N–H and O–H groups in total. The molecule has 1 aliphatic carbocycles. The molecule has 0 aliphatic heterocycles. The lowest BCUT2D eigenvalue weighted by Crippen LogP contribution is -1.99. The maximum Gasteiger partial charge on any atom is 0.183 e. The molecule has 1 aromatic rings. The number of ether oxygens (including phenoxy) is 1. The number of pyridine rings is 1. The third-order valence-electron chi connectivity index (χ3n) is 1.97. The van der Waals surface area contributed by atoms with Gasteiger partial charge in [0.05, 0.1) is 11.1 Å². The van der Waals surface area contributed by atoms with Crippen LogP contribution in [0.4, 0.5) is 0 Å². The minimum atomic E-state index is 0.309. The second kappa shape index (κ2) is 3.89. The van der Waals surface area contributed by atoms with Crippen molar-refractivity contribution >= 4 is 11.8 Å². The van der Waals surface area contributed by atoms with E-state index in [0.717, 1.165) is 17.9 Å². The highest BCUT2D eigenvalue weighted by Gasteiger charge is 2.24. The van der Waals surface area contributed by atoms with Crippen molar-refractivity contribution in [2.75, 3.05) is 6.26 Å². The van der Waals surface area contributed by atoms with Crippen LogP contribution in [0, 0.1) is 11.3 Å². The highest BCUT2D eigenvalue weighted by molar-refractivity contribution is 7.98. The van der Waals surface area contributed by atoms with Gasteiger partial charge in [-0.15, -0.1) is 11.8 Å². The van der Waals surface area contributed by atoms with E-state index in [1.807, 2.05) is 18.4 Å². The fourth-order valence-electron chi connectivity index (χ4n) is 1.08. The van der Waals surface area contributed by atoms with E-state index in [1.54, 1.807) is 0 Å². The van der Waals surface area contributed by atoms with E-state index < -0.39 is 0 Å². The Morgan fingerprint density at radius 3 is 2.93 bits per heavy atom. The van der Waals surface area contributed by atoms with Crippen LogP contribution in [0.15, 0.2) is 17.2 Å². The van der Waals surface area contributed by atoms with E-state index in [-0.39, 0.29) is 0 Å². The molecule has 1 saturated carbocycles. The van der Waals surface area contributed by atoms with Gasteiger partial charge in [-0.25, -0.2) is 4.98 Å². The van der Waals surface area contributed by atoms with Crippen LogP contribution < -0.4 is 4.74 Å². The predicted octanol–water partition coefficient (Wildman–Crippen LogP) is 2.22. The molecule has 72 valence electrons. The molecule has 0 radical (unpaired) electrons. The van der Waals surface area contributed by atoms with Gasteiger partial charge in [-0.05, 0) is 31.2 Å². The Labute approximate surface area is 87.1 Å². The zero-order chi connectivity index (χ0) is 9.97. The van der Waals surface area contributed by atoms with Gasteiger partial charge in [-0.1, -0.05) is 0 Å². The van der Waals surface area contributed by atoms with E-state index in [4.69, 9.17) is 10.00 Å². The van der Waals surface area contributed by atoms with Crippen molar-refractivity contribution in [1.29, 1.82) is 5.26 Å². The molecule has 1 aliphatic rings. The lowest BCUT2D eigenvalue weighted by Gasteiger charge is -2.05. The number of nitriles is 1. The molecule has 0 unspecified atom stereocenters. The summed E-state index contributed by atoms with van der Waals surface area (Å²) in [5.74, 6) is 0.618. The third kappa shape index (κ3) is 1.99. The quantitative estimate of drug-likeness (QED) is 0.711. The van der Waals surface area contributed by atoms with E-state index in [9.17, 15) is 0 Å². The number of hydrogen-bond donors (Lipinski definition) is 0. The highest BCUT2D eigenvalue weighted by atomic mass is 32.2. The van der Waals surface area contributed by atoms with E-state index in [0.29, 0.717) is 17.5 Å². The van der Waals surface area contributed by atoms with Crippen LogP contribution in [0.2, 0.25) is 0 Å². The Balaban J connectivity index is 2.25. The Morgan fingerprint density at radius 2 is 2.36 bits per heavy atom. The molecule has 14 heavy (non-hydrogen) atoms. The summed E-state index contributed by atoms with van der Waals surface area (Å²) in [5, 5.41) is 9.72. The van der Waals surface area contributed by atoms with E-state index in [2.05, 4.69) is 11.1 Å². The first-order valence-corrected chi connectivity index (χ1v) is 5.67. The van der Waals surface area contributed by atoms with Crippen LogP contribution >= 0.6 is 11.8 Å². The molecule has 2 rings (SSSR count). The first-order valence-electron chi connectivity index (χ1n) is 4.45. The number of aromatic nitrogens is 1. The maximum atomic E-state index is 8.87. The smallest absolute Gasteiger partial charge is 0.183 e. The summed E-state index contributed by atoms with van der Waals surface area (Å²) >= 11 is 1.52. The lowest BCUT2D eigenvalue weighted by atomic mass is 10.3.